The van der Waals surface area contributed by atoms with E-state index in [1.165, 1.54) is 30.6 Å². The number of hydrogen-bond acceptors (Lipinski definition) is 5. The highest BCUT2D eigenvalue weighted by Crippen LogP contribution is 2.28. The molecule has 8 heteroatoms. The molecule has 0 amide bonds. The van der Waals surface area contributed by atoms with E-state index in [1.807, 2.05) is 24.3 Å². The van der Waals surface area contributed by atoms with Crippen molar-refractivity contribution in [2.75, 3.05) is 5.32 Å². The number of halogens is 3. The van der Waals surface area contributed by atoms with Crippen molar-refractivity contribution in [1.29, 1.82) is 0 Å². The van der Waals surface area contributed by atoms with E-state index in [4.69, 9.17) is 0 Å². The maximum absolute atomic E-state index is 12.3. The molecule has 4 aromatic rings. The summed E-state index contributed by atoms with van der Waals surface area (Å²) < 4.78 is 40.7. The van der Waals surface area contributed by atoms with Gasteiger partial charge in [-0.1, -0.05) is 12.1 Å². The number of nitrogens with zero attached hydrogens (tertiary/aromatic N) is 3. The molecule has 0 aliphatic rings. The predicted octanol–water partition coefficient (Wildman–Crippen LogP) is 5.33. The Kier molecular flexibility index (Phi) is 4.52. The zero-order chi connectivity index (χ0) is 19.6. The van der Waals surface area contributed by atoms with Crippen LogP contribution in [0.1, 0.15) is 0 Å². The van der Waals surface area contributed by atoms with Crippen LogP contribution in [0.4, 0.5) is 24.7 Å². The molecule has 140 valence electrons. The summed E-state index contributed by atoms with van der Waals surface area (Å²) in [5.41, 5.74) is 2.07. The molecule has 0 fully saturated rings. The van der Waals surface area contributed by atoms with Gasteiger partial charge in [0, 0.05) is 40.5 Å². The molecule has 0 saturated heterocycles. The molecule has 0 unspecified atom stereocenters. The fourth-order valence-electron chi connectivity index (χ4n) is 2.78. The van der Waals surface area contributed by atoms with E-state index >= 15 is 0 Å². The maximum atomic E-state index is 12.3. The molecule has 1 N–H and O–H groups in total. The van der Waals surface area contributed by atoms with E-state index in [0.29, 0.717) is 17.1 Å². The summed E-state index contributed by atoms with van der Waals surface area (Å²) in [6.07, 6.45) is 0.159. The van der Waals surface area contributed by atoms with Crippen molar-refractivity contribution in [3.63, 3.8) is 0 Å². The van der Waals surface area contributed by atoms with Gasteiger partial charge in [0.1, 0.15) is 17.9 Å². The van der Waals surface area contributed by atoms with Gasteiger partial charge in [-0.2, -0.15) is 0 Å². The van der Waals surface area contributed by atoms with Crippen molar-refractivity contribution in [3.05, 3.63) is 73.3 Å². The lowest BCUT2D eigenvalue weighted by Crippen LogP contribution is -2.16. The van der Waals surface area contributed by atoms with E-state index in [-0.39, 0.29) is 5.75 Å². The Morgan fingerprint density at radius 2 is 1.75 bits per heavy atom. The van der Waals surface area contributed by atoms with E-state index < -0.39 is 6.36 Å². The van der Waals surface area contributed by atoms with Gasteiger partial charge >= 0.3 is 6.36 Å². The van der Waals surface area contributed by atoms with Crippen molar-refractivity contribution in [1.82, 2.24) is 15.0 Å². The average molecular weight is 382 g/mol. The Hall–Kier alpha value is -3.68. The summed E-state index contributed by atoms with van der Waals surface area (Å²) in [7, 11) is 0. The number of nitrogens with one attached hydrogen (secondary N) is 1. The third-order valence-electron chi connectivity index (χ3n) is 3.99. The van der Waals surface area contributed by atoms with Crippen LogP contribution in [-0.2, 0) is 0 Å². The summed E-state index contributed by atoms with van der Waals surface area (Å²) in [6.45, 7) is 0. The lowest BCUT2D eigenvalue weighted by Gasteiger charge is -2.11. The number of fused-ring (bicyclic) bond motifs is 1. The van der Waals surface area contributed by atoms with E-state index in [1.54, 1.807) is 18.5 Å². The van der Waals surface area contributed by atoms with Gasteiger partial charge in [-0.05, 0) is 36.4 Å². The Labute approximate surface area is 157 Å². The van der Waals surface area contributed by atoms with Crippen molar-refractivity contribution in [3.8, 4) is 17.0 Å². The molecule has 0 saturated carbocycles. The van der Waals surface area contributed by atoms with Crippen LogP contribution < -0.4 is 10.1 Å². The van der Waals surface area contributed by atoms with Gasteiger partial charge in [0.25, 0.3) is 0 Å². The van der Waals surface area contributed by atoms with Gasteiger partial charge in [-0.15, -0.1) is 13.2 Å². The summed E-state index contributed by atoms with van der Waals surface area (Å²) in [4.78, 5) is 12.5. The van der Waals surface area contributed by atoms with Crippen LogP contribution in [0.15, 0.2) is 73.3 Å². The summed E-state index contributed by atoms with van der Waals surface area (Å²) in [6, 6.07) is 14.9. The van der Waals surface area contributed by atoms with Gasteiger partial charge in [0.15, 0.2) is 0 Å². The zero-order valence-corrected chi connectivity index (χ0v) is 14.3. The van der Waals surface area contributed by atoms with Crippen LogP contribution in [0, 0.1) is 0 Å². The molecular formula is C20H13F3N4O. The minimum absolute atomic E-state index is 0.284. The molecule has 0 atom stereocenters. The second kappa shape index (κ2) is 7.15. The van der Waals surface area contributed by atoms with Crippen LogP contribution in [0.5, 0.6) is 5.75 Å². The largest absolute Gasteiger partial charge is 0.573 e. The predicted molar refractivity (Wildman–Crippen MR) is 99.2 cm³/mol. The van der Waals surface area contributed by atoms with Gasteiger partial charge in [-0.25, -0.2) is 9.97 Å². The number of anilines is 2. The molecule has 0 radical (unpaired) electrons. The Bertz CT molecular complexity index is 1110. The SMILES string of the molecule is FC(F)(F)Oc1ccc(-c2cc(Nc3cccc4cnccc34)ncn2)cc1. The monoisotopic (exact) mass is 382 g/mol. The molecule has 5 nitrogen and oxygen atoms in total. The zero-order valence-electron chi connectivity index (χ0n) is 14.3. The fraction of sp³-hybridized carbons (Fsp3) is 0.0500. The number of aromatic nitrogens is 3. The quantitative estimate of drug-likeness (QED) is 0.517. The van der Waals surface area contributed by atoms with Crippen LogP contribution in [0.2, 0.25) is 0 Å². The second-order valence-corrected chi connectivity index (χ2v) is 5.89. The number of hydrogen-bond donors (Lipinski definition) is 1. The maximum Gasteiger partial charge on any atom is 0.573 e. The normalized spacial score (nSPS) is 11.4. The van der Waals surface area contributed by atoms with Crippen LogP contribution in [-0.4, -0.2) is 21.3 Å². The van der Waals surface area contributed by atoms with E-state index in [2.05, 4.69) is 25.0 Å². The number of rotatable bonds is 4. The molecule has 0 aliphatic carbocycles. The van der Waals surface area contributed by atoms with Gasteiger partial charge < -0.3 is 10.1 Å². The third kappa shape index (κ3) is 4.01. The van der Waals surface area contributed by atoms with Gasteiger partial charge in [0.2, 0.25) is 0 Å². The van der Waals surface area contributed by atoms with Crippen molar-refractivity contribution < 1.29 is 17.9 Å². The highest BCUT2D eigenvalue weighted by atomic mass is 19.4. The summed E-state index contributed by atoms with van der Waals surface area (Å²) >= 11 is 0. The van der Waals surface area contributed by atoms with Crippen LogP contribution >= 0.6 is 0 Å². The average Bonchev–Trinajstić information content (AvgIpc) is 2.68. The highest BCUT2D eigenvalue weighted by molar-refractivity contribution is 5.94. The first-order valence-electron chi connectivity index (χ1n) is 8.26. The van der Waals surface area contributed by atoms with E-state index in [0.717, 1.165) is 16.5 Å². The topological polar surface area (TPSA) is 59.9 Å². The number of alkyl halides is 3. The third-order valence-corrected chi connectivity index (χ3v) is 3.99. The molecule has 0 spiro atoms. The first-order chi connectivity index (χ1) is 13.5. The number of ether oxygens (including phenoxy) is 1. The standard InChI is InChI=1S/C20H13F3N4O/c21-20(22,23)28-15-6-4-13(5-7-15)18-10-19(26-12-25-18)27-17-3-1-2-14-11-24-9-8-16(14)17/h1-12H,(H,25,26,27). The molecular weight excluding hydrogens is 369 g/mol. The lowest BCUT2D eigenvalue weighted by molar-refractivity contribution is -0.274. The van der Waals surface area contributed by atoms with Crippen molar-refractivity contribution in [2.24, 2.45) is 0 Å². The van der Waals surface area contributed by atoms with Gasteiger partial charge in [0.05, 0.1) is 5.69 Å². The molecule has 4 rings (SSSR count). The smallest absolute Gasteiger partial charge is 0.406 e. The van der Waals surface area contributed by atoms with Crippen molar-refractivity contribution >= 4 is 22.3 Å². The Morgan fingerprint density at radius 3 is 2.54 bits per heavy atom. The first-order valence-corrected chi connectivity index (χ1v) is 8.26. The summed E-state index contributed by atoms with van der Waals surface area (Å²) in [5, 5.41) is 5.23. The molecule has 0 bridgehead atoms. The first kappa shape index (κ1) is 17.7. The molecule has 2 heterocycles. The molecule has 0 aliphatic heterocycles. The molecule has 2 aromatic carbocycles. The van der Waals surface area contributed by atoms with Gasteiger partial charge in [-0.3, -0.25) is 4.98 Å². The highest BCUT2D eigenvalue weighted by Gasteiger charge is 2.30. The Balaban J connectivity index is 1.59. The second-order valence-electron chi connectivity index (χ2n) is 5.89. The minimum Gasteiger partial charge on any atom is -0.406 e. The van der Waals surface area contributed by atoms with E-state index in [9.17, 15) is 13.2 Å². The Morgan fingerprint density at radius 1 is 0.929 bits per heavy atom. The molecule has 28 heavy (non-hydrogen) atoms. The van der Waals surface area contributed by atoms with Crippen molar-refractivity contribution in [2.45, 2.75) is 6.36 Å². The van der Waals surface area contributed by atoms with Crippen LogP contribution in [0.3, 0.4) is 0 Å². The number of pyridine rings is 1. The van der Waals surface area contributed by atoms with Crippen LogP contribution in [0.25, 0.3) is 22.0 Å². The summed E-state index contributed by atoms with van der Waals surface area (Å²) in [5.74, 6) is 0.276. The fourth-order valence-corrected chi connectivity index (χ4v) is 2.78. The minimum atomic E-state index is -4.72. The lowest BCUT2D eigenvalue weighted by atomic mass is 10.1. The number of benzene rings is 2. The molecule has 2 aromatic heterocycles.